The van der Waals surface area contributed by atoms with Gasteiger partial charge in [-0.15, -0.1) is 0 Å². The Hall–Kier alpha value is -4.41. The number of methoxy groups -OCH3 is 1. The quantitative estimate of drug-likeness (QED) is 0.363. The Morgan fingerprint density at radius 2 is 1.73 bits per heavy atom. The zero-order chi connectivity index (χ0) is 28.2. The van der Waals surface area contributed by atoms with Crippen molar-refractivity contribution in [2.75, 3.05) is 64.1 Å². The molecule has 40 heavy (non-hydrogen) atoms. The third-order valence-corrected chi connectivity index (χ3v) is 7.37. The summed E-state index contributed by atoms with van der Waals surface area (Å²) < 4.78 is 4.82. The minimum Gasteiger partial charge on any atom is -0.465 e. The highest BCUT2D eigenvalue weighted by Crippen LogP contribution is 2.37. The number of anilines is 2. The van der Waals surface area contributed by atoms with Crippen LogP contribution in [0.5, 0.6) is 0 Å². The Morgan fingerprint density at radius 1 is 1.02 bits per heavy atom. The summed E-state index contributed by atoms with van der Waals surface area (Å²) in [5.41, 5.74) is 4.34. The van der Waals surface area contributed by atoms with Crippen LogP contribution in [0.3, 0.4) is 0 Å². The number of carbonyl (C=O) groups excluding carboxylic acids is 3. The van der Waals surface area contributed by atoms with Crippen molar-refractivity contribution in [1.82, 2.24) is 14.8 Å². The number of aromatic nitrogens is 1. The first-order valence-corrected chi connectivity index (χ1v) is 13.1. The van der Waals surface area contributed by atoms with Gasteiger partial charge in [0, 0.05) is 62.6 Å². The predicted molar refractivity (Wildman–Crippen MR) is 153 cm³/mol. The van der Waals surface area contributed by atoms with Gasteiger partial charge in [0.15, 0.2) is 0 Å². The number of hydrogen-bond donors (Lipinski definition) is 1. The van der Waals surface area contributed by atoms with Gasteiger partial charge in [-0.25, -0.2) is 4.79 Å². The average Bonchev–Trinajstić information content (AvgIpc) is 3.31. The molecule has 0 aliphatic carbocycles. The predicted octanol–water partition coefficient (Wildman–Crippen LogP) is 2.94. The molecule has 5 rings (SSSR count). The van der Waals surface area contributed by atoms with Crippen LogP contribution in [0.25, 0.3) is 0 Å². The lowest BCUT2D eigenvalue weighted by Crippen LogP contribution is -2.48. The van der Waals surface area contributed by atoms with Crippen molar-refractivity contribution in [3.8, 4) is 0 Å². The summed E-state index contributed by atoms with van der Waals surface area (Å²) in [6.45, 7) is 4.05. The summed E-state index contributed by atoms with van der Waals surface area (Å²) in [7, 11) is 5.19. The number of pyridine rings is 1. The number of hydrogen-bond acceptors (Lipinski definition) is 8. The van der Waals surface area contributed by atoms with Crippen LogP contribution in [0.15, 0.2) is 72.0 Å². The number of nitrogens with one attached hydrogen (secondary N) is 1. The van der Waals surface area contributed by atoms with E-state index >= 15 is 0 Å². The number of likely N-dealkylation sites (N-methyl/N-ethyl adjacent to an activating group) is 2. The smallest absolute Gasteiger partial charge is 0.337 e. The third-order valence-electron chi connectivity index (χ3n) is 7.37. The minimum atomic E-state index is -0.684. The van der Waals surface area contributed by atoms with E-state index in [0.717, 1.165) is 43.0 Å². The minimum absolute atomic E-state index is 0.0313. The molecule has 3 aromatic rings. The van der Waals surface area contributed by atoms with E-state index in [1.807, 2.05) is 36.4 Å². The van der Waals surface area contributed by atoms with Crippen LogP contribution in [0.2, 0.25) is 0 Å². The molecule has 1 aromatic heterocycles. The van der Waals surface area contributed by atoms with Crippen LogP contribution in [0, 0.1) is 0 Å². The molecular formula is C30H32N6O4. The van der Waals surface area contributed by atoms with Gasteiger partial charge in [-0.05, 0) is 61.1 Å². The summed E-state index contributed by atoms with van der Waals surface area (Å²) >= 11 is 0. The van der Waals surface area contributed by atoms with Gasteiger partial charge in [-0.2, -0.15) is 0 Å². The number of nitrogens with zero attached hydrogens (tertiary/aromatic N) is 5. The molecule has 1 N–H and O–H groups in total. The number of amides is 2. The molecule has 0 radical (unpaired) electrons. The van der Waals surface area contributed by atoms with Crippen molar-refractivity contribution in [1.29, 1.82) is 0 Å². The van der Waals surface area contributed by atoms with Gasteiger partial charge in [0.1, 0.15) is 5.92 Å². The summed E-state index contributed by atoms with van der Waals surface area (Å²) in [6, 6.07) is 16.0. The SMILES string of the molecule is COC(=O)c1ccc2c(c1)NC(=O)C2C(=Nc1ccc(N(C)C(=O)CN2CCN(C)CC2)cc1)c1ccncc1. The monoisotopic (exact) mass is 540 g/mol. The van der Waals surface area contributed by atoms with E-state index in [2.05, 4.69) is 27.1 Å². The van der Waals surface area contributed by atoms with Gasteiger partial charge in [-0.3, -0.25) is 24.5 Å². The number of carbonyl (C=O) groups is 3. The molecule has 1 fully saturated rings. The van der Waals surface area contributed by atoms with Crippen LogP contribution < -0.4 is 10.2 Å². The van der Waals surface area contributed by atoms with Crippen molar-refractivity contribution >= 4 is 40.6 Å². The van der Waals surface area contributed by atoms with Crippen molar-refractivity contribution in [3.63, 3.8) is 0 Å². The number of rotatable bonds is 7. The fraction of sp³-hybridized carbons (Fsp3) is 0.300. The molecule has 0 saturated carbocycles. The molecule has 1 saturated heterocycles. The molecule has 0 bridgehead atoms. The van der Waals surface area contributed by atoms with Gasteiger partial charge in [-0.1, -0.05) is 6.07 Å². The Bertz CT molecular complexity index is 1430. The number of aliphatic imine (C=N–C) groups is 1. The summed E-state index contributed by atoms with van der Waals surface area (Å²) in [4.78, 5) is 53.2. The van der Waals surface area contributed by atoms with Gasteiger partial charge in [0.05, 0.1) is 30.6 Å². The number of fused-ring (bicyclic) bond motifs is 1. The second-order valence-corrected chi connectivity index (χ2v) is 10.00. The van der Waals surface area contributed by atoms with E-state index in [1.165, 1.54) is 7.11 Å². The highest BCUT2D eigenvalue weighted by molar-refractivity contribution is 6.24. The standard InChI is InChI=1S/C30H32N6O4/c1-34-14-16-36(17-15-34)19-26(37)35(2)23-7-5-22(6-8-23)32-28(20-10-12-31-13-11-20)27-24-9-4-21(30(39)40-3)18-25(24)33-29(27)38/h4-13,18,27H,14-17,19H2,1-3H3,(H,33,38). The van der Waals surface area contributed by atoms with E-state index in [0.29, 0.717) is 29.2 Å². The first-order chi connectivity index (χ1) is 19.3. The lowest BCUT2D eigenvalue weighted by molar-refractivity contribution is -0.120. The largest absolute Gasteiger partial charge is 0.465 e. The first kappa shape index (κ1) is 27.2. The molecule has 10 heteroatoms. The van der Waals surface area contributed by atoms with Crippen LogP contribution in [-0.4, -0.2) is 92.2 Å². The highest BCUT2D eigenvalue weighted by Gasteiger charge is 2.36. The molecule has 2 aromatic carbocycles. The zero-order valence-corrected chi connectivity index (χ0v) is 22.8. The number of benzene rings is 2. The van der Waals surface area contributed by atoms with E-state index < -0.39 is 11.9 Å². The van der Waals surface area contributed by atoms with Crippen molar-refractivity contribution in [2.45, 2.75) is 5.92 Å². The molecule has 0 spiro atoms. The Labute approximate surface area is 233 Å². The molecule has 2 aliphatic rings. The number of ether oxygens (including phenoxy) is 1. The summed E-state index contributed by atoms with van der Waals surface area (Å²) in [5.74, 6) is -1.37. The van der Waals surface area contributed by atoms with Gasteiger partial charge in [0.2, 0.25) is 11.8 Å². The second-order valence-electron chi connectivity index (χ2n) is 10.00. The van der Waals surface area contributed by atoms with Crippen molar-refractivity contribution < 1.29 is 19.1 Å². The fourth-order valence-corrected chi connectivity index (χ4v) is 4.93. The van der Waals surface area contributed by atoms with Crippen molar-refractivity contribution in [3.05, 3.63) is 83.7 Å². The van der Waals surface area contributed by atoms with Gasteiger partial charge in [0.25, 0.3) is 0 Å². The van der Waals surface area contributed by atoms with Gasteiger partial charge < -0.3 is 19.9 Å². The molecular weight excluding hydrogens is 508 g/mol. The highest BCUT2D eigenvalue weighted by atomic mass is 16.5. The molecule has 2 aliphatic heterocycles. The third kappa shape index (κ3) is 5.78. The van der Waals surface area contributed by atoms with Crippen molar-refractivity contribution in [2.24, 2.45) is 4.99 Å². The second kappa shape index (κ2) is 11.8. The Morgan fingerprint density at radius 3 is 2.40 bits per heavy atom. The van der Waals surface area contributed by atoms with Gasteiger partial charge >= 0.3 is 5.97 Å². The molecule has 3 heterocycles. The zero-order valence-electron chi connectivity index (χ0n) is 22.8. The maximum atomic E-state index is 13.2. The molecule has 2 amide bonds. The van der Waals surface area contributed by atoms with E-state index in [9.17, 15) is 14.4 Å². The Kier molecular flexibility index (Phi) is 7.99. The summed E-state index contributed by atoms with van der Waals surface area (Å²) in [5, 5.41) is 2.88. The van der Waals surface area contributed by atoms with Crippen LogP contribution in [0.1, 0.15) is 27.4 Å². The van der Waals surface area contributed by atoms with E-state index in [1.54, 1.807) is 42.5 Å². The molecule has 1 unspecified atom stereocenters. The maximum absolute atomic E-state index is 13.2. The number of esters is 1. The first-order valence-electron chi connectivity index (χ1n) is 13.1. The molecule has 1 atom stereocenters. The molecule has 10 nitrogen and oxygen atoms in total. The molecule has 206 valence electrons. The maximum Gasteiger partial charge on any atom is 0.337 e. The lowest BCUT2D eigenvalue weighted by atomic mass is 9.90. The van der Waals surface area contributed by atoms with Crippen LogP contribution >= 0.6 is 0 Å². The van der Waals surface area contributed by atoms with E-state index in [4.69, 9.17) is 9.73 Å². The number of piperazine rings is 1. The Balaban J connectivity index is 1.40. The van der Waals surface area contributed by atoms with Crippen LogP contribution in [0.4, 0.5) is 17.1 Å². The summed E-state index contributed by atoms with van der Waals surface area (Å²) in [6.07, 6.45) is 3.31. The average molecular weight is 541 g/mol. The fourth-order valence-electron chi connectivity index (χ4n) is 4.93. The lowest BCUT2D eigenvalue weighted by Gasteiger charge is -2.32. The van der Waals surface area contributed by atoms with Crippen LogP contribution in [-0.2, 0) is 14.3 Å². The normalized spacial score (nSPS) is 17.7. The van der Waals surface area contributed by atoms with E-state index in [-0.39, 0.29) is 11.8 Å². The topological polar surface area (TPSA) is 107 Å².